The van der Waals surface area contributed by atoms with Crippen molar-refractivity contribution in [3.8, 4) is 0 Å². The Kier molecular flexibility index (Phi) is 4.97. The van der Waals surface area contributed by atoms with E-state index in [2.05, 4.69) is 4.72 Å². The number of ether oxygens (including phenoxy) is 1. The van der Waals surface area contributed by atoms with Gasteiger partial charge in [-0.3, -0.25) is 0 Å². The van der Waals surface area contributed by atoms with Gasteiger partial charge >= 0.3 is 0 Å². The fraction of sp³-hybridized carbons (Fsp3) is 1.00. The summed E-state index contributed by atoms with van der Waals surface area (Å²) >= 11 is 0. The SMILES string of the molecule is O=S(=O)(NC1CCCOC1)N1CCCCC1CO. The molecular weight excluding hydrogens is 256 g/mol. The summed E-state index contributed by atoms with van der Waals surface area (Å²) in [6, 6.07) is -0.411. The molecule has 0 spiro atoms. The minimum atomic E-state index is -3.50. The Balaban J connectivity index is 1.99. The van der Waals surface area contributed by atoms with Gasteiger partial charge in [-0.2, -0.15) is 17.4 Å². The highest BCUT2D eigenvalue weighted by Gasteiger charge is 2.33. The first-order valence-corrected chi connectivity index (χ1v) is 8.05. The molecule has 2 heterocycles. The summed E-state index contributed by atoms with van der Waals surface area (Å²) < 4.78 is 33.9. The number of piperidine rings is 1. The number of nitrogens with one attached hydrogen (secondary N) is 1. The van der Waals surface area contributed by atoms with Gasteiger partial charge in [-0.15, -0.1) is 0 Å². The molecular formula is C11H22N2O4S. The third kappa shape index (κ3) is 3.42. The maximum atomic E-state index is 12.3. The lowest BCUT2D eigenvalue weighted by Gasteiger charge is -2.35. The zero-order valence-electron chi connectivity index (χ0n) is 10.5. The summed E-state index contributed by atoms with van der Waals surface area (Å²) in [6.45, 7) is 1.54. The van der Waals surface area contributed by atoms with E-state index in [1.165, 1.54) is 4.31 Å². The smallest absolute Gasteiger partial charge is 0.280 e. The molecule has 2 fully saturated rings. The maximum Gasteiger partial charge on any atom is 0.280 e. The Morgan fingerprint density at radius 2 is 2.11 bits per heavy atom. The second-order valence-corrected chi connectivity index (χ2v) is 6.63. The molecule has 0 saturated carbocycles. The molecule has 2 aliphatic heterocycles. The topological polar surface area (TPSA) is 78.9 Å². The molecule has 7 heteroatoms. The molecule has 2 N–H and O–H groups in total. The van der Waals surface area contributed by atoms with Gasteiger partial charge in [0.1, 0.15) is 0 Å². The van der Waals surface area contributed by atoms with Crippen LogP contribution in [-0.4, -0.2) is 56.3 Å². The molecule has 0 aromatic carbocycles. The van der Waals surface area contributed by atoms with Crippen LogP contribution >= 0.6 is 0 Å². The zero-order valence-corrected chi connectivity index (χ0v) is 11.4. The lowest BCUT2D eigenvalue weighted by molar-refractivity contribution is 0.0759. The van der Waals surface area contributed by atoms with Crippen LogP contribution in [0.2, 0.25) is 0 Å². The van der Waals surface area contributed by atoms with Crippen molar-refractivity contribution in [2.75, 3.05) is 26.4 Å². The molecule has 2 rings (SSSR count). The normalized spacial score (nSPS) is 31.4. The number of nitrogens with zero attached hydrogens (tertiary/aromatic N) is 1. The molecule has 6 nitrogen and oxygen atoms in total. The van der Waals surface area contributed by atoms with E-state index in [-0.39, 0.29) is 18.7 Å². The highest BCUT2D eigenvalue weighted by Crippen LogP contribution is 2.20. The van der Waals surface area contributed by atoms with Crippen LogP contribution in [0.5, 0.6) is 0 Å². The van der Waals surface area contributed by atoms with E-state index in [9.17, 15) is 13.5 Å². The Morgan fingerprint density at radius 3 is 2.78 bits per heavy atom. The van der Waals surface area contributed by atoms with Gasteiger partial charge in [0.15, 0.2) is 0 Å². The molecule has 0 aliphatic carbocycles. The van der Waals surface area contributed by atoms with Crippen LogP contribution in [0.4, 0.5) is 0 Å². The average Bonchev–Trinajstić information content (AvgIpc) is 2.39. The molecule has 0 bridgehead atoms. The summed E-state index contributed by atoms with van der Waals surface area (Å²) in [4.78, 5) is 0. The molecule has 106 valence electrons. The van der Waals surface area contributed by atoms with Crippen molar-refractivity contribution in [3.63, 3.8) is 0 Å². The second-order valence-electron chi connectivity index (χ2n) is 4.98. The molecule has 18 heavy (non-hydrogen) atoms. The fourth-order valence-corrected chi connectivity index (χ4v) is 4.26. The summed E-state index contributed by atoms with van der Waals surface area (Å²) in [7, 11) is -3.50. The molecule has 0 aromatic rings. The monoisotopic (exact) mass is 278 g/mol. The van der Waals surface area contributed by atoms with Crippen molar-refractivity contribution in [3.05, 3.63) is 0 Å². The van der Waals surface area contributed by atoms with Gasteiger partial charge in [-0.1, -0.05) is 6.42 Å². The third-order valence-corrected chi connectivity index (χ3v) is 5.30. The number of rotatable bonds is 4. The first-order valence-electron chi connectivity index (χ1n) is 6.61. The van der Waals surface area contributed by atoms with Crippen molar-refractivity contribution in [2.45, 2.75) is 44.2 Å². The summed E-state index contributed by atoms with van der Waals surface area (Å²) in [5.74, 6) is 0. The quantitative estimate of drug-likeness (QED) is 0.749. The Hall–Kier alpha value is -0.210. The molecule has 2 aliphatic rings. The van der Waals surface area contributed by atoms with E-state index in [1.54, 1.807) is 0 Å². The summed E-state index contributed by atoms with van der Waals surface area (Å²) in [6.07, 6.45) is 4.27. The van der Waals surface area contributed by atoms with Crippen LogP contribution in [0, 0.1) is 0 Å². The lowest BCUT2D eigenvalue weighted by Crippen LogP contribution is -2.53. The number of hydrogen-bond acceptors (Lipinski definition) is 4. The van der Waals surface area contributed by atoms with Gasteiger partial charge in [0.05, 0.1) is 13.2 Å². The van der Waals surface area contributed by atoms with Crippen molar-refractivity contribution in [1.29, 1.82) is 0 Å². The molecule has 0 amide bonds. The van der Waals surface area contributed by atoms with E-state index in [4.69, 9.17) is 4.74 Å². The average molecular weight is 278 g/mol. The van der Waals surface area contributed by atoms with Crippen LogP contribution in [0.3, 0.4) is 0 Å². The van der Waals surface area contributed by atoms with Crippen molar-refractivity contribution < 1.29 is 18.3 Å². The van der Waals surface area contributed by atoms with Gasteiger partial charge in [0.2, 0.25) is 0 Å². The predicted molar refractivity (Wildman–Crippen MR) is 67.3 cm³/mol. The van der Waals surface area contributed by atoms with Crippen molar-refractivity contribution >= 4 is 10.2 Å². The second kappa shape index (κ2) is 6.29. The van der Waals surface area contributed by atoms with Crippen LogP contribution in [-0.2, 0) is 14.9 Å². The molecule has 0 aromatic heterocycles. The number of aliphatic hydroxyl groups excluding tert-OH is 1. The first-order chi connectivity index (χ1) is 8.63. The Labute approximate surface area is 108 Å². The maximum absolute atomic E-state index is 12.3. The lowest BCUT2D eigenvalue weighted by atomic mass is 10.1. The summed E-state index contributed by atoms with van der Waals surface area (Å²) in [5, 5.41) is 9.27. The zero-order chi connectivity index (χ0) is 13.0. The van der Waals surface area contributed by atoms with E-state index >= 15 is 0 Å². The third-order valence-electron chi connectivity index (χ3n) is 3.57. The first kappa shape index (κ1) is 14.2. The summed E-state index contributed by atoms with van der Waals surface area (Å²) in [5.41, 5.74) is 0. The van der Waals surface area contributed by atoms with Gasteiger partial charge in [0, 0.05) is 25.2 Å². The Bertz CT molecular complexity index is 354. The van der Waals surface area contributed by atoms with E-state index in [0.29, 0.717) is 19.8 Å². The Morgan fingerprint density at radius 1 is 1.28 bits per heavy atom. The molecule has 2 unspecified atom stereocenters. The highest BCUT2D eigenvalue weighted by atomic mass is 32.2. The van der Waals surface area contributed by atoms with Crippen molar-refractivity contribution in [2.24, 2.45) is 0 Å². The van der Waals surface area contributed by atoms with Crippen LogP contribution in [0.25, 0.3) is 0 Å². The number of hydrogen-bond donors (Lipinski definition) is 2. The van der Waals surface area contributed by atoms with Gasteiger partial charge < -0.3 is 9.84 Å². The van der Waals surface area contributed by atoms with Gasteiger partial charge in [-0.25, -0.2) is 0 Å². The van der Waals surface area contributed by atoms with Crippen molar-refractivity contribution in [1.82, 2.24) is 9.03 Å². The van der Waals surface area contributed by atoms with E-state index in [0.717, 1.165) is 32.1 Å². The van der Waals surface area contributed by atoms with Gasteiger partial charge in [0.25, 0.3) is 10.2 Å². The molecule has 2 atom stereocenters. The molecule has 2 saturated heterocycles. The predicted octanol–water partition coefficient (Wildman–Crippen LogP) is -0.153. The van der Waals surface area contributed by atoms with Crippen LogP contribution in [0.15, 0.2) is 0 Å². The fourth-order valence-electron chi connectivity index (χ4n) is 2.58. The number of aliphatic hydroxyl groups is 1. The van der Waals surface area contributed by atoms with Gasteiger partial charge in [-0.05, 0) is 25.7 Å². The van der Waals surface area contributed by atoms with E-state index in [1.807, 2.05) is 0 Å². The minimum Gasteiger partial charge on any atom is -0.395 e. The van der Waals surface area contributed by atoms with Crippen LogP contribution < -0.4 is 4.72 Å². The largest absolute Gasteiger partial charge is 0.395 e. The van der Waals surface area contributed by atoms with Crippen LogP contribution in [0.1, 0.15) is 32.1 Å². The van der Waals surface area contributed by atoms with E-state index < -0.39 is 10.2 Å². The molecule has 0 radical (unpaired) electrons. The minimum absolute atomic E-state index is 0.109. The highest BCUT2D eigenvalue weighted by molar-refractivity contribution is 7.87. The standard InChI is InChI=1S/C11H22N2O4S/c14-8-11-5-1-2-6-13(11)18(15,16)12-10-4-3-7-17-9-10/h10-12,14H,1-9H2.